The number of hydrogen-bond acceptors (Lipinski definition) is 3. The van der Waals surface area contributed by atoms with Crippen LogP contribution in [0.5, 0.6) is 0 Å². The van der Waals surface area contributed by atoms with E-state index in [-0.39, 0.29) is 11.9 Å². The Morgan fingerprint density at radius 2 is 2.12 bits per heavy atom. The van der Waals surface area contributed by atoms with Crippen LogP contribution in [0, 0.1) is 0 Å². The van der Waals surface area contributed by atoms with Gasteiger partial charge in [0.2, 0.25) is 0 Å². The first-order chi connectivity index (χ1) is 12.6. The Balaban J connectivity index is 1.52. The van der Waals surface area contributed by atoms with Crippen molar-refractivity contribution in [1.29, 1.82) is 0 Å². The van der Waals surface area contributed by atoms with Crippen molar-refractivity contribution >= 4 is 28.1 Å². The monoisotopic (exact) mass is 367 g/mol. The van der Waals surface area contributed by atoms with Gasteiger partial charge in [0.05, 0.1) is 6.04 Å². The molecule has 0 saturated carbocycles. The average molecular weight is 368 g/mol. The third-order valence-electron chi connectivity index (χ3n) is 5.37. The third-order valence-corrected chi connectivity index (χ3v) is 6.07. The van der Waals surface area contributed by atoms with Gasteiger partial charge in [0.15, 0.2) is 0 Å². The van der Waals surface area contributed by atoms with Crippen LogP contribution in [-0.4, -0.2) is 36.4 Å². The molecule has 0 radical (unpaired) electrons. The number of thiophene rings is 1. The Kier molecular flexibility index (Phi) is 4.83. The van der Waals surface area contributed by atoms with E-state index in [9.17, 15) is 4.79 Å². The molecule has 2 aromatic heterocycles. The summed E-state index contributed by atoms with van der Waals surface area (Å²) < 4.78 is 0. The second-order valence-electron chi connectivity index (χ2n) is 7.30. The van der Waals surface area contributed by atoms with Crippen LogP contribution in [0.25, 0.3) is 10.9 Å². The quantitative estimate of drug-likeness (QED) is 0.712. The van der Waals surface area contributed by atoms with Crippen LogP contribution >= 0.6 is 11.3 Å². The maximum atomic E-state index is 12.7. The van der Waals surface area contributed by atoms with Gasteiger partial charge in [0.1, 0.15) is 0 Å². The molecular formula is C21H25N3OS. The maximum absolute atomic E-state index is 12.7. The fourth-order valence-electron chi connectivity index (χ4n) is 3.90. The summed E-state index contributed by atoms with van der Waals surface area (Å²) in [6.45, 7) is 0.603. The highest BCUT2D eigenvalue weighted by atomic mass is 32.1. The van der Waals surface area contributed by atoms with Gasteiger partial charge in [-0.05, 0) is 85.9 Å². The second kappa shape index (κ2) is 7.25. The normalized spacial score (nSPS) is 15.2. The lowest BCUT2D eigenvalue weighted by Crippen LogP contribution is -2.34. The number of benzene rings is 1. The number of aromatic nitrogens is 1. The molecule has 0 aliphatic heterocycles. The smallest absolute Gasteiger partial charge is 0.251 e. The Bertz CT molecular complexity index is 911. The summed E-state index contributed by atoms with van der Waals surface area (Å²) >= 11 is 1.69. The SMILES string of the molecule is CN(C)[C@@H](CNC(=O)c1ccc2[nH]c3c(c2c1)CCCC3)c1ccsc1. The number of H-pyrrole nitrogens is 1. The van der Waals surface area contributed by atoms with E-state index in [4.69, 9.17) is 0 Å². The lowest BCUT2D eigenvalue weighted by Gasteiger charge is -2.24. The van der Waals surface area contributed by atoms with Crippen LogP contribution in [0.15, 0.2) is 35.0 Å². The topological polar surface area (TPSA) is 48.1 Å². The van der Waals surface area contributed by atoms with Crippen molar-refractivity contribution in [2.75, 3.05) is 20.6 Å². The number of amides is 1. The van der Waals surface area contributed by atoms with Crippen molar-refractivity contribution in [3.63, 3.8) is 0 Å². The summed E-state index contributed by atoms with van der Waals surface area (Å²) in [4.78, 5) is 18.4. The maximum Gasteiger partial charge on any atom is 0.251 e. The minimum Gasteiger partial charge on any atom is -0.358 e. The highest BCUT2D eigenvalue weighted by Crippen LogP contribution is 2.29. The summed E-state index contributed by atoms with van der Waals surface area (Å²) in [6, 6.07) is 8.34. The average Bonchev–Trinajstić information content (AvgIpc) is 3.28. The van der Waals surface area contributed by atoms with Gasteiger partial charge in [-0.1, -0.05) is 0 Å². The first-order valence-electron chi connectivity index (χ1n) is 9.23. The zero-order valence-electron chi connectivity index (χ0n) is 15.3. The molecule has 136 valence electrons. The molecule has 2 N–H and O–H groups in total. The largest absolute Gasteiger partial charge is 0.358 e. The lowest BCUT2D eigenvalue weighted by molar-refractivity contribution is 0.0942. The number of aryl methyl sites for hydroxylation is 2. The molecule has 1 amide bonds. The van der Waals surface area contributed by atoms with Crippen LogP contribution in [0.2, 0.25) is 0 Å². The lowest BCUT2D eigenvalue weighted by atomic mass is 9.95. The van der Waals surface area contributed by atoms with Crippen LogP contribution in [0.1, 0.15) is 46.1 Å². The standard InChI is InChI=1S/C21H25N3OS/c1-24(2)20(15-9-10-26-13-15)12-22-21(25)14-7-8-19-17(11-14)16-5-3-4-6-18(16)23-19/h7-11,13,20,23H,3-6,12H2,1-2H3,(H,22,25)/t20-/m0/s1. The van der Waals surface area contributed by atoms with Crippen LogP contribution in [0.3, 0.4) is 0 Å². The third kappa shape index (κ3) is 3.29. The van der Waals surface area contributed by atoms with Crippen molar-refractivity contribution in [3.8, 4) is 0 Å². The molecule has 4 nitrogen and oxygen atoms in total. The van der Waals surface area contributed by atoms with Gasteiger partial charge in [-0.15, -0.1) is 0 Å². The molecule has 1 aliphatic rings. The molecule has 5 heteroatoms. The highest BCUT2D eigenvalue weighted by Gasteiger charge is 2.19. The molecule has 1 aromatic carbocycles. The minimum atomic E-state index is -0.000242. The Hall–Kier alpha value is -2.11. The summed E-state index contributed by atoms with van der Waals surface area (Å²) in [5.74, 6) is -0.000242. The number of likely N-dealkylation sites (N-methyl/N-ethyl adjacent to an activating group) is 1. The molecular weight excluding hydrogens is 342 g/mol. The fraction of sp³-hybridized carbons (Fsp3) is 0.381. The van der Waals surface area contributed by atoms with E-state index in [1.54, 1.807) is 11.3 Å². The minimum absolute atomic E-state index is 0.000242. The van der Waals surface area contributed by atoms with Crippen molar-refractivity contribution in [2.45, 2.75) is 31.7 Å². The van der Waals surface area contributed by atoms with E-state index in [1.165, 1.54) is 35.0 Å². The van der Waals surface area contributed by atoms with Crippen LogP contribution < -0.4 is 5.32 Å². The number of carbonyl (C=O) groups is 1. The molecule has 0 unspecified atom stereocenters. The summed E-state index contributed by atoms with van der Waals surface area (Å²) in [5.41, 5.74) is 5.90. The number of fused-ring (bicyclic) bond motifs is 3. The number of hydrogen-bond donors (Lipinski definition) is 2. The predicted octanol–water partition coefficient (Wildman–Crippen LogP) is 4.14. The Labute approximate surface area is 158 Å². The zero-order valence-corrected chi connectivity index (χ0v) is 16.2. The summed E-state index contributed by atoms with van der Waals surface area (Å²) in [5, 5.41) is 8.56. The van der Waals surface area contributed by atoms with E-state index in [0.29, 0.717) is 6.54 Å². The van der Waals surface area contributed by atoms with Gasteiger partial charge in [-0.25, -0.2) is 0 Å². The number of nitrogens with one attached hydrogen (secondary N) is 2. The van der Waals surface area contributed by atoms with Gasteiger partial charge >= 0.3 is 0 Å². The molecule has 1 atom stereocenters. The number of rotatable bonds is 5. The first kappa shape index (κ1) is 17.3. The molecule has 26 heavy (non-hydrogen) atoms. The van der Waals surface area contributed by atoms with E-state index in [0.717, 1.165) is 23.9 Å². The number of carbonyl (C=O) groups excluding carboxylic acids is 1. The van der Waals surface area contributed by atoms with Crippen molar-refractivity contribution < 1.29 is 4.79 Å². The number of aromatic amines is 1. The van der Waals surface area contributed by atoms with Crippen LogP contribution in [0.4, 0.5) is 0 Å². The van der Waals surface area contributed by atoms with Crippen molar-refractivity contribution in [2.24, 2.45) is 0 Å². The van der Waals surface area contributed by atoms with E-state index < -0.39 is 0 Å². The first-order valence-corrected chi connectivity index (χ1v) is 10.2. The predicted molar refractivity (Wildman–Crippen MR) is 108 cm³/mol. The van der Waals surface area contributed by atoms with Gasteiger partial charge in [-0.3, -0.25) is 4.79 Å². The fourth-order valence-corrected chi connectivity index (χ4v) is 4.61. The molecule has 0 spiro atoms. The summed E-state index contributed by atoms with van der Waals surface area (Å²) in [7, 11) is 4.10. The van der Waals surface area contributed by atoms with E-state index in [1.807, 2.05) is 26.2 Å². The molecule has 0 bridgehead atoms. The van der Waals surface area contributed by atoms with Crippen LogP contribution in [-0.2, 0) is 12.8 Å². The zero-order chi connectivity index (χ0) is 18.1. The highest BCUT2D eigenvalue weighted by molar-refractivity contribution is 7.07. The van der Waals surface area contributed by atoms with Crippen molar-refractivity contribution in [1.82, 2.24) is 15.2 Å². The Morgan fingerprint density at radius 3 is 2.88 bits per heavy atom. The number of nitrogens with zero attached hydrogens (tertiary/aromatic N) is 1. The molecule has 4 rings (SSSR count). The molecule has 3 aromatic rings. The van der Waals surface area contributed by atoms with E-state index >= 15 is 0 Å². The van der Waals surface area contributed by atoms with Gasteiger partial charge in [0.25, 0.3) is 5.91 Å². The molecule has 2 heterocycles. The Morgan fingerprint density at radius 1 is 1.27 bits per heavy atom. The van der Waals surface area contributed by atoms with Gasteiger partial charge < -0.3 is 15.2 Å². The van der Waals surface area contributed by atoms with E-state index in [2.05, 4.69) is 38.1 Å². The molecule has 1 aliphatic carbocycles. The summed E-state index contributed by atoms with van der Waals surface area (Å²) in [6.07, 6.45) is 4.72. The molecule has 0 saturated heterocycles. The van der Waals surface area contributed by atoms with Gasteiger partial charge in [0, 0.05) is 28.7 Å². The molecule has 0 fully saturated rings. The second-order valence-corrected chi connectivity index (χ2v) is 8.08. The van der Waals surface area contributed by atoms with Gasteiger partial charge in [-0.2, -0.15) is 11.3 Å². The van der Waals surface area contributed by atoms with Crippen molar-refractivity contribution in [3.05, 3.63) is 57.4 Å².